The third-order valence-corrected chi connectivity index (χ3v) is 6.39. The number of anilines is 1. The van der Waals surface area contributed by atoms with E-state index in [1.807, 2.05) is 30.3 Å². The van der Waals surface area contributed by atoms with Gasteiger partial charge in [-0.2, -0.15) is 4.98 Å². The molecule has 2 aromatic carbocycles. The number of hydrogen-bond donors (Lipinski definition) is 0. The zero-order valence-electron chi connectivity index (χ0n) is 17.1. The number of benzene rings is 2. The number of aromatic nitrogens is 2. The van der Waals surface area contributed by atoms with E-state index in [1.165, 1.54) is 36.9 Å². The van der Waals surface area contributed by atoms with Crippen molar-refractivity contribution in [2.75, 3.05) is 31.1 Å². The number of piperidine rings is 1. The third kappa shape index (κ3) is 3.92. The Hall–Kier alpha value is -2.66. The van der Waals surface area contributed by atoms with Gasteiger partial charge in [-0.25, -0.2) is 0 Å². The molecule has 5 heteroatoms. The molecule has 0 saturated carbocycles. The minimum absolute atomic E-state index is 0.337. The first-order valence-electron chi connectivity index (χ1n) is 10.6. The van der Waals surface area contributed by atoms with Crippen molar-refractivity contribution < 1.29 is 4.52 Å². The van der Waals surface area contributed by atoms with E-state index in [2.05, 4.69) is 51.1 Å². The molecule has 29 heavy (non-hydrogen) atoms. The SMILES string of the molecule is Cc1cccc(CN2CCC[C@@]3(CCN(c4nc(-c5ccccc5)no4)C3)C2)c1. The average molecular weight is 389 g/mol. The molecule has 5 nitrogen and oxygen atoms in total. The van der Waals surface area contributed by atoms with E-state index in [4.69, 9.17) is 4.52 Å². The van der Waals surface area contributed by atoms with Gasteiger partial charge in [0.1, 0.15) is 0 Å². The first-order valence-corrected chi connectivity index (χ1v) is 10.6. The minimum Gasteiger partial charge on any atom is -0.324 e. The molecule has 3 heterocycles. The Morgan fingerprint density at radius 2 is 1.90 bits per heavy atom. The molecule has 1 aromatic heterocycles. The predicted octanol–water partition coefficient (Wildman–Crippen LogP) is 4.54. The average Bonchev–Trinajstić information content (AvgIpc) is 3.37. The van der Waals surface area contributed by atoms with Crippen LogP contribution >= 0.6 is 0 Å². The molecule has 2 fully saturated rings. The Kier molecular flexibility index (Phi) is 4.84. The fraction of sp³-hybridized carbons (Fsp3) is 0.417. The molecule has 2 saturated heterocycles. The molecule has 150 valence electrons. The molecule has 0 radical (unpaired) electrons. The van der Waals surface area contributed by atoms with Gasteiger partial charge in [-0.3, -0.25) is 4.90 Å². The third-order valence-electron chi connectivity index (χ3n) is 6.39. The lowest BCUT2D eigenvalue weighted by Crippen LogP contribution is -2.44. The molecular weight excluding hydrogens is 360 g/mol. The Labute approximate surface area is 172 Å². The molecule has 3 aromatic rings. The lowest BCUT2D eigenvalue weighted by molar-refractivity contribution is 0.0989. The summed E-state index contributed by atoms with van der Waals surface area (Å²) in [5, 5.41) is 4.21. The van der Waals surface area contributed by atoms with Gasteiger partial charge >= 0.3 is 6.01 Å². The lowest BCUT2D eigenvalue weighted by atomic mass is 9.79. The first kappa shape index (κ1) is 18.4. The van der Waals surface area contributed by atoms with Crippen LogP contribution in [0.5, 0.6) is 0 Å². The van der Waals surface area contributed by atoms with Crippen LogP contribution in [0.4, 0.5) is 6.01 Å². The van der Waals surface area contributed by atoms with Crippen LogP contribution in [0.25, 0.3) is 11.4 Å². The van der Waals surface area contributed by atoms with Gasteiger partial charge in [-0.1, -0.05) is 65.3 Å². The second-order valence-corrected chi connectivity index (χ2v) is 8.74. The van der Waals surface area contributed by atoms with Crippen molar-refractivity contribution in [3.63, 3.8) is 0 Å². The van der Waals surface area contributed by atoms with Crippen LogP contribution in [-0.2, 0) is 6.54 Å². The van der Waals surface area contributed by atoms with E-state index >= 15 is 0 Å². The van der Waals surface area contributed by atoms with Crippen LogP contribution in [0.15, 0.2) is 59.1 Å². The van der Waals surface area contributed by atoms with E-state index in [1.54, 1.807) is 0 Å². The maximum atomic E-state index is 5.62. The van der Waals surface area contributed by atoms with E-state index in [0.29, 0.717) is 17.3 Å². The van der Waals surface area contributed by atoms with Crippen molar-refractivity contribution in [2.24, 2.45) is 5.41 Å². The number of likely N-dealkylation sites (tertiary alicyclic amines) is 1. The summed E-state index contributed by atoms with van der Waals surface area (Å²) in [5.41, 5.74) is 4.09. The monoisotopic (exact) mass is 388 g/mol. The molecule has 0 aliphatic carbocycles. The van der Waals surface area contributed by atoms with Crippen LogP contribution < -0.4 is 4.90 Å². The summed E-state index contributed by atoms with van der Waals surface area (Å²) in [6.07, 6.45) is 3.74. The van der Waals surface area contributed by atoms with Crippen LogP contribution in [0.2, 0.25) is 0 Å². The summed E-state index contributed by atoms with van der Waals surface area (Å²) in [7, 11) is 0. The first-order chi connectivity index (χ1) is 14.2. The Balaban J connectivity index is 1.26. The highest BCUT2D eigenvalue weighted by Gasteiger charge is 2.42. The van der Waals surface area contributed by atoms with Gasteiger partial charge in [-0.05, 0) is 38.3 Å². The van der Waals surface area contributed by atoms with Crippen LogP contribution in [-0.4, -0.2) is 41.2 Å². The number of rotatable bonds is 4. The highest BCUT2D eigenvalue weighted by molar-refractivity contribution is 5.55. The second kappa shape index (κ2) is 7.64. The molecule has 0 bridgehead atoms. The lowest BCUT2D eigenvalue weighted by Gasteiger charge is -2.40. The van der Waals surface area contributed by atoms with Crippen molar-refractivity contribution in [3.8, 4) is 11.4 Å². The Morgan fingerprint density at radius 3 is 2.76 bits per heavy atom. The second-order valence-electron chi connectivity index (χ2n) is 8.74. The van der Waals surface area contributed by atoms with Gasteiger partial charge in [0.15, 0.2) is 0 Å². The molecule has 0 amide bonds. The van der Waals surface area contributed by atoms with E-state index in [-0.39, 0.29) is 0 Å². The molecular formula is C24H28N4O. The highest BCUT2D eigenvalue weighted by atomic mass is 16.5. The van der Waals surface area contributed by atoms with Crippen LogP contribution in [0.3, 0.4) is 0 Å². The summed E-state index contributed by atoms with van der Waals surface area (Å²) < 4.78 is 5.62. The Bertz CT molecular complexity index is 970. The Morgan fingerprint density at radius 1 is 1.00 bits per heavy atom. The van der Waals surface area contributed by atoms with Crippen molar-refractivity contribution in [1.29, 1.82) is 0 Å². The number of nitrogens with zero attached hydrogens (tertiary/aromatic N) is 4. The van der Waals surface area contributed by atoms with Crippen molar-refractivity contribution in [2.45, 2.75) is 32.7 Å². The van der Waals surface area contributed by atoms with Crippen LogP contribution in [0, 0.1) is 12.3 Å². The standard InChI is InChI=1S/C24H28N4O/c1-19-7-5-8-20(15-19)16-27-13-6-11-24(17-27)12-14-28(18-24)23-25-22(26-29-23)21-9-3-2-4-10-21/h2-5,7-10,15H,6,11-14,16-18H2,1H3/t24-/m1/s1. The summed E-state index contributed by atoms with van der Waals surface area (Å²) in [6, 6.07) is 19.6. The van der Waals surface area contributed by atoms with Gasteiger partial charge in [-0.15, -0.1) is 0 Å². The highest BCUT2D eigenvalue weighted by Crippen LogP contribution is 2.40. The number of hydrogen-bond acceptors (Lipinski definition) is 5. The van der Waals surface area contributed by atoms with Crippen molar-refractivity contribution >= 4 is 6.01 Å². The van der Waals surface area contributed by atoms with Gasteiger partial charge in [0.2, 0.25) is 5.82 Å². The molecule has 2 aliphatic rings. The molecule has 1 spiro atoms. The van der Waals surface area contributed by atoms with Crippen molar-refractivity contribution in [3.05, 3.63) is 65.7 Å². The molecule has 1 atom stereocenters. The summed E-state index contributed by atoms with van der Waals surface area (Å²) in [6.45, 7) is 7.56. The van der Waals surface area contributed by atoms with Crippen molar-refractivity contribution in [1.82, 2.24) is 15.0 Å². The van der Waals surface area contributed by atoms with Gasteiger partial charge in [0, 0.05) is 37.2 Å². The zero-order chi connectivity index (χ0) is 19.7. The van der Waals surface area contributed by atoms with Gasteiger partial charge < -0.3 is 9.42 Å². The largest absolute Gasteiger partial charge is 0.324 e. The van der Waals surface area contributed by atoms with E-state index in [9.17, 15) is 0 Å². The quantitative estimate of drug-likeness (QED) is 0.657. The fourth-order valence-electron chi connectivity index (χ4n) is 4.99. The van der Waals surface area contributed by atoms with E-state index < -0.39 is 0 Å². The topological polar surface area (TPSA) is 45.4 Å². The summed E-state index contributed by atoms with van der Waals surface area (Å²) >= 11 is 0. The maximum Gasteiger partial charge on any atom is 0.324 e. The molecule has 0 N–H and O–H groups in total. The number of aryl methyl sites for hydroxylation is 1. The van der Waals surface area contributed by atoms with E-state index in [0.717, 1.165) is 31.7 Å². The molecule has 0 unspecified atom stereocenters. The predicted molar refractivity (Wildman–Crippen MR) is 115 cm³/mol. The minimum atomic E-state index is 0.337. The maximum absolute atomic E-state index is 5.62. The smallest absolute Gasteiger partial charge is 0.324 e. The van der Waals surface area contributed by atoms with Gasteiger partial charge in [0.05, 0.1) is 0 Å². The van der Waals surface area contributed by atoms with Crippen LogP contribution in [0.1, 0.15) is 30.4 Å². The molecule has 2 aliphatic heterocycles. The molecule has 5 rings (SSSR count). The normalized spacial score (nSPS) is 22.4. The fourth-order valence-corrected chi connectivity index (χ4v) is 4.99. The van der Waals surface area contributed by atoms with Gasteiger partial charge in [0.25, 0.3) is 0 Å². The summed E-state index contributed by atoms with van der Waals surface area (Å²) in [4.78, 5) is 9.59. The zero-order valence-corrected chi connectivity index (χ0v) is 17.1. The summed E-state index contributed by atoms with van der Waals surface area (Å²) in [5.74, 6) is 0.672.